The van der Waals surface area contributed by atoms with Gasteiger partial charge in [-0.3, -0.25) is 0 Å². The molecule has 0 heterocycles. The van der Waals surface area contributed by atoms with Crippen LogP contribution in [0.1, 0.15) is 25.5 Å². The molecule has 0 aliphatic rings. The van der Waals surface area contributed by atoms with Gasteiger partial charge < -0.3 is 10.5 Å². The predicted molar refractivity (Wildman–Crippen MR) is 67.1 cm³/mol. The van der Waals surface area contributed by atoms with Crippen molar-refractivity contribution in [3.63, 3.8) is 0 Å². The van der Waals surface area contributed by atoms with E-state index in [9.17, 15) is 0 Å². The maximum atomic E-state index is 5.86. The third kappa shape index (κ3) is 3.68. The third-order valence-electron chi connectivity index (χ3n) is 2.04. The van der Waals surface area contributed by atoms with Crippen molar-refractivity contribution in [2.24, 2.45) is 5.73 Å². The molecule has 0 saturated heterocycles. The number of benzene rings is 1. The lowest BCUT2D eigenvalue weighted by Crippen LogP contribution is -2.08. The van der Waals surface area contributed by atoms with Crippen molar-refractivity contribution >= 4 is 15.9 Å². The Morgan fingerprint density at radius 2 is 2.27 bits per heavy atom. The maximum absolute atomic E-state index is 5.86. The molecule has 0 saturated carbocycles. The van der Waals surface area contributed by atoms with Gasteiger partial charge in [0.15, 0.2) is 0 Å². The highest BCUT2D eigenvalue weighted by Crippen LogP contribution is 2.27. The lowest BCUT2D eigenvalue weighted by atomic mass is 10.1. The summed E-state index contributed by atoms with van der Waals surface area (Å²) in [5.41, 5.74) is 6.89. The van der Waals surface area contributed by atoms with E-state index in [2.05, 4.69) is 15.9 Å². The predicted octanol–water partition coefficient (Wildman–Crippen LogP) is 3.42. The Labute approximate surface area is 99.3 Å². The molecule has 1 rings (SSSR count). The van der Waals surface area contributed by atoms with Gasteiger partial charge in [-0.1, -0.05) is 34.1 Å². The summed E-state index contributed by atoms with van der Waals surface area (Å²) in [4.78, 5) is 0. The highest BCUT2D eigenvalue weighted by Gasteiger charge is 2.07. The minimum absolute atomic E-state index is 0.0151. The Morgan fingerprint density at radius 1 is 1.53 bits per heavy atom. The number of rotatable bonds is 4. The summed E-state index contributed by atoms with van der Waals surface area (Å²) in [5.74, 6) is 0.845. The van der Waals surface area contributed by atoms with Crippen molar-refractivity contribution in [1.29, 1.82) is 0 Å². The second kappa shape index (κ2) is 5.93. The van der Waals surface area contributed by atoms with Crippen LogP contribution in [0.15, 0.2) is 34.8 Å². The minimum atomic E-state index is -0.0151. The first kappa shape index (κ1) is 12.3. The van der Waals surface area contributed by atoms with Gasteiger partial charge in [0.1, 0.15) is 12.4 Å². The molecule has 0 radical (unpaired) electrons. The first-order valence-corrected chi connectivity index (χ1v) is 5.73. The van der Waals surface area contributed by atoms with Crippen molar-refractivity contribution in [2.45, 2.75) is 19.9 Å². The molecular weight excluding hydrogens is 254 g/mol. The van der Waals surface area contributed by atoms with E-state index in [-0.39, 0.29) is 6.04 Å². The van der Waals surface area contributed by atoms with Crippen LogP contribution in [0, 0.1) is 0 Å². The van der Waals surface area contributed by atoms with Gasteiger partial charge in [-0.25, -0.2) is 0 Å². The Bertz CT molecular complexity index is 347. The molecule has 1 aromatic carbocycles. The largest absolute Gasteiger partial charge is 0.489 e. The van der Waals surface area contributed by atoms with E-state index in [1.54, 1.807) is 0 Å². The quantitative estimate of drug-likeness (QED) is 0.851. The smallest absolute Gasteiger partial charge is 0.125 e. The second-order valence-electron chi connectivity index (χ2n) is 3.35. The molecule has 0 aliphatic carbocycles. The summed E-state index contributed by atoms with van der Waals surface area (Å²) in [6.45, 7) is 4.50. The molecule has 0 amide bonds. The lowest BCUT2D eigenvalue weighted by Gasteiger charge is -2.13. The summed E-state index contributed by atoms with van der Waals surface area (Å²) < 4.78 is 6.63. The van der Waals surface area contributed by atoms with Gasteiger partial charge in [-0.05, 0) is 26.0 Å². The molecule has 2 N–H and O–H groups in total. The van der Waals surface area contributed by atoms with E-state index in [0.29, 0.717) is 6.61 Å². The molecule has 2 nitrogen and oxygen atoms in total. The summed E-state index contributed by atoms with van der Waals surface area (Å²) in [5, 5.41) is 0. The summed E-state index contributed by atoms with van der Waals surface area (Å²) in [6.07, 6.45) is 3.93. The highest BCUT2D eigenvalue weighted by molar-refractivity contribution is 9.10. The molecule has 0 aliphatic heterocycles. The molecule has 3 heteroatoms. The second-order valence-corrected chi connectivity index (χ2v) is 4.27. The van der Waals surface area contributed by atoms with Crippen molar-refractivity contribution in [2.75, 3.05) is 6.61 Å². The van der Waals surface area contributed by atoms with Crippen LogP contribution in [-0.4, -0.2) is 6.61 Å². The summed E-state index contributed by atoms with van der Waals surface area (Å²) in [6, 6.07) is 5.89. The van der Waals surface area contributed by atoms with E-state index in [1.807, 2.05) is 44.2 Å². The number of hydrogen-bond acceptors (Lipinski definition) is 2. The Kier molecular flexibility index (Phi) is 4.85. The van der Waals surface area contributed by atoms with Crippen molar-refractivity contribution in [1.82, 2.24) is 0 Å². The number of hydrogen-bond donors (Lipinski definition) is 1. The summed E-state index contributed by atoms with van der Waals surface area (Å²) in [7, 11) is 0. The number of ether oxygens (including phenoxy) is 1. The van der Waals surface area contributed by atoms with Gasteiger partial charge in [0.25, 0.3) is 0 Å². The fraction of sp³-hybridized carbons (Fsp3) is 0.333. The zero-order chi connectivity index (χ0) is 11.3. The average molecular weight is 270 g/mol. The summed E-state index contributed by atoms with van der Waals surface area (Å²) >= 11 is 3.42. The lowest BCUT2D eigenvalue weighted by molar-refractivity contribution is 0.356. The van der Waals surface area contributed by atoms with Crippen LogP contribution < -0.4 is 10.5 Å². The molecule has 1 atom stereocenters. The molecule has 15 heavy (non-hydrogen) atoms. The van der Waals surface area contributed by atoms with Crippen molar-refractivity contribution in [3.05, 3.63) is 40.4 Å². The van der Waals surface area contributed by atoms with Gasteiger partial charge in [-0.2, -0.15) is 0 Å². The SMILES string of the molecule is C/C=C/COc1cc(Br)ccc1[C@@H](C)N. The van der Waals surface area contributed by atoms with E-state index >= 15 is 0 Å². The molecule has 0 bridgehead atoms. The van der Waals surface area contributed by atoms with Crippen LogP contribution in [0.4, 0.5) is 0 Å². The number of halogens is 1. The molecule has 0 aromatic heterocycles. The molecule has 1 aromatic rings. The van der Waals surface area contributed by atoms with E-state index in [0.717, 1.165) is 15.8 Å². The van der Waals surface area contributed by atoms with Gasteiger partial charge in [0.2, 0.25) is 0 Å². The normalized spacial score (nSPS) is 13.1. The monoisotopic (exact) mass is 269 g/mol. The van der Waals surface area contributed by atoms with Crippen LogP contribution in [0.5, 0.6) is 5.75 Å². The van der Waals surface area contributed by atoms with Crippen molar-refractivity contribution in [3.8, 4) is 5.75 Å². The molecule has 0 spiro atoms. The Hall–Kier alpha value is -0.800. The zero-order valence-electron chi connectivity index (χ0n) is 9.03. The Morgan fingerprint density at radius 3 is 2.87 bits per heavy atom. The maximum Gasteiger partial charge on any atom is 0.125 e. The van der Waals surface area contributed by atoms with Crippen LogP contribution >= 0.6 is 15.9 Å². The first-order valence-electron chi connectivity index (χ1n) is 4.94. The highest BCUT2D eigenvalue weighted by atomic mass is 79.9. The average Bonchev–Trinajstić information content (AvgIpc) is 2.18. The van der Waals surface area contributed by atoms with E-state index < -0.39 is 0 Å². The topological polar surface area (TPSA) is 35.2 Å². The molecular formula is C12H16BrNO. The fourth-order valence-electron chi connectivity index (χ4n) is 1.24. The Balaban J connectivity index is 2.86. The number of nitrogens with two attached hydrogens (primary N) is 1. The molecule has 0 unspecified atom stereocenters. The van der Waals surface area contributed by atoms with Crippen LogP contribution in [0.2, 0.25) is 0 Å². The first-order chi connectivity index (χ1) is 7.15. The third-order valence-corrected chi connectivity index (χ3v) is 2.53. The van der Waals surface area contributed by atoms with Crippen LogP contribution in [-0.2, 0) is 0 Å². The van der Waals surface area contributed by atoms with Crippen LogP contribution in [0.3, 0.4) is 0 Å². The standard InChI is InChI=1S/C12H16BrNO/c1-3-4-7-15-12-8-10(13)5-6-11(12)9(2)14/h3-6,8-9H,7,14H2,1-2H3/b4-3+/t9-/m1/s1. The van der Waals surface area contributed by atoms with Gasteiger partial charge in [0, 0.05) is 16.1 Å². The van der Waals surface area contributed by atoms with E-state index in [4.69, 9.17) is 10.5 Å². The van der Waals surface area contributed by atoms with E-state index in [1.165, 1.54) is 0 Å². The molecule has 82 valence electrons. The van der Waals surface area contributed by atoms with Gasteiger partial charge >= 0.3 is 0 Å². The van der Waals surface area contributed by atoms with Gasteiger partial charge in [0.05, 0.1) is 0 Å². The fourth-order valence-corrected chi connectivity index (χ4v) is 1.58. The van der Waals surface area contributed by atoms with Gasteiger partial charge in [-0.15, -0.1) is 0 Å². The zero-order valence-corrected chi connectivity index (χ0v) is 10.6. The number of allylic oxidation sites excluding steroid dienone is 1. The molecule has 0 fully saturated rings. The van der Waals surface area contributed by atoms with Crippen molar-refractivity contribution < 1.29 is 4.74 Å². The van der Waals surface area contributed by atoms with Crippen LogP contribution in [0.25, 0.3) is 0 Å². The minimum Gasteiger partial charge on any atom is -0.489 e.